The molecule has 1 amide bonds. The molecule has 5 heteroatoms. The first-order valence-electron chi connectivity index (χ1n) is 10.6. The number of benzene rings is 2. The van der Waals surface area contributed by atoms with Crippen molar-refractivity contribution in [2.75, 3.05) is 6.54 Å². The second kappa shape index (κ2) is 9.35. The summed E-state index contributed by atoms with van der Waals surface area (Å²) in [7, 11) is 0. The molecule has 30 heavy (non-hydrogen) atoms. The quantitative estimate of drug-likeness (QED) is 0.406. The maximum absolute atomic E-state index is 13.0. The lowest BCUT2D eigenvalue weighted by Gasteiger charge is -2.09. The summed E-state index contributed by atoms with van der Waals surface area (Å²) in [5.74, 6) is -0.126. The van der Waals surface area contributed by atoms with E-state index < -0.39 is 0 Å². The first-order valence-corrected chi connectivity index (χ1v) is 10.6. The molecule has 5 nitrogen and oxygen atoms in total. The summed E-state index contributed by atoms with van der Waals surface area (Å²) in [6.07, 6.45) is 4.47. The van der Waals surface area contributed by atoms with E-state index >= 15 is 0 Å². The number of rotatable bonds is 8. The molecule has 0 unspecified atom stereocenters. The van der Waals surface area contributed by atoms with Crippen molar-refractivity contribution < 1.29 is 4.79 Å². The minimum atomic E-state index is -0.126. The summed E-state index contributed by atoms with van der Waals surface area (Å²) in [4.78, 5) is 17.8. The summed E-state index contributed by atoms with van der Waals surface area (Å²) in [6, 6.07) is 23.6. The van der Waals surface area contributed by atoms with E-state index in [0.717, 1.165) is 35.4 Å². The molecule has 4 rings (SSSR count). The fourth-order valence-corrected chi connectivity index (χ4v) is 3.49. The van der Waals surface area contributed by atoms with Crippen LogP contribution in [0.3, 0.4) is 0 Å². The number of fused-ring (bicyclic) bond motifs is 1. The number of hydrogen-bond acceptors (Lipinski definition) is 3. The smallest absolute Gasteiger partial charge is 0.270 e. The van der Waals surface area contributed by atoms with Crippen LogP contribution in [0.5, 0.6) is 0 Å². The Morgan fingerprint density at radius 1 is 0.867 bits per heavy atom. The average Bonchev–Trinajstić information content (AvgIpc) is 3.23. The fraction of sp³-hybridized carbons (Fsp3) is 0.240. The van der Waals surface area contributed by atoms with Crippen molar-refractivity contribution in [1.82, 2.24) is 19.9 Å². The topological polar surface area (TPSA) is 59.3 Å². The first-order chi connectivity index (χ1) is 14.8. The highest BCUT2D eigenvalue weighted by molar-refractivity contribution is 5.94. The Balaban J connectivity index is 1.72. The number of carbonyl (C=O) groups is 1. The van der Waals surface area contributed by atoms with Gasteiger partial charge in [-0.05, 0) is 12.5 Å². The molecule has 0 saturated heterocycles. The van der Waals surface area contributed by atoms with Gasteiger partial charge in [-0.25, -0.2) is 9.50 Å². The molecule has 0 fully saturated rings. The molecule has 0 aliphatic rings. The highest BCUT2D eigenvalue weighted by atomic mass is 16.1. The number of aromatic nitrogens is 3. The molecule has 4 aromatic rings. The maximum atomic E-state index is 13.0. The Morgan fingerprint density at radius 2 is 1.53 bits per heavy atom. The van der Waals surface area contributed by atoms with Crippen molar-refractivity contribution >= 4 is 11.6 Å². The van der Waals surface area contributed by atoms with Gasteiger partial charge in [-0.3, -0.25) is 4.79 Å². The lowest BCUT2D eigenvalue weighted by Crippen LogP contribution is -2.27. The molecule has 0 atom stereocenters. The first kappa shape index (κ1) is 19.8. The molecule has 0 bridgehead atoms. The maximum Gasteiger partial charge on any atom is 0.270 e. The lowest BCUT2D eigenvalue weighted by atomic mass is 10.1. The third kappa shape index (κ3) is 4.40. The van der Waals surface area contributed by atoms with Gasteiger partial charge in [-0.15, -0.1) is 0 Å². The van der Waals surface area contributed by atoms with Gasteiger partial charge in [0.2, 0.25) is 0 Å². The van der Waals surface area contributed by atoms with E-state index in [1.165, 1.54) is 12.8 Å². The summed E-state index contributed by atoms with van der Waals surface area (Å²) in [5.41, 5.74) is 4.68. The largest absolute Gasteiger partial charge is 0.351 e. The van der Waals surface area contributed by atoms with Crippen molar-refractivity contribution in [2.45, 2.75) is 32.6 Å². The van der Waals surface area contributed by atoms with Crippen LogP contribution in [0, 0.1) is 0 Å². The van der Waals surface area contributed by atoms with Crippen LogP contribution in [-0.2, 0) is 0 Å². The lowest BCUT2D eigenvalue weighted by molar-refractivity contribution is 0.0945. The van der Waals surface area contributed by atoms with Gasteiger partial charge in [0, 0.05) is 23.7 Å². The molecule has 0 radical (unpaired) electrons. The number of unbranched alkanes of at least 4 members (excludes halogenated alkanes) is 3. The molecule has 2 aromatic carbocycles. The monoisotopic (exact) mass is 398 g/mol. The number of nitrogens with zero attached hydrogens (tertiary/aromatic N) is 3. The number of nitrogens with one attached hydrogen (secondary N) is 1. The van der Waals surface area contributed by atoms with Crippen LogP contribution in [0.4, 0.5) is 0 Å². The van der Waals surface area contributed by atoms with Crippen LogP contribution in [0.1, 0.15) is 43.1 Å². The molecule has 2 heterocycles. The molecule has 0 aliphatic carbocycles. The van der Waals surface area contributed by atoms with E-state index in [2.05, 4.69) is 17.3 Å². The summed E-state index contributed by atoms with van der Waals surface area (Å²) in [6.45, 7) is 2.84. The normalized spacial score (nSPS) is 11.0. The van der Waals surface area contributed by atoms with E-state index in [1.54, 1.807) is 4.52 Å². The zero-order valence-electron chi connectivity index (χ0n) is 17.2. The van der Waals surface area contributed by atoms with Gasteiger partial charge in [-0.2, -0.15) is 5.10 Å². The summed E-state index contributed by atoms with van der Waals surface area (Å²) < 4.78 is 1.65. The minimum absolute atomic E-state index is 0.126. The van der Waals surface area contributed by atoms with Gasteiger partial charge in [0.15, 0.2) is 5.65 Å². The minimum Gasteiger partial charge on any atom is -0.351 e. The van der Waals surface area contributed by atoms with Crippen molar-refractivity contribution in [3.63, 3.8) is 0 Å². The van der Waals surface area contributed by atoms with Crippen LogP contribution in [0.2, 0.25) is 0 Å². The fourth-order valence-electron chi connectivity index (χ4n) is 3.49. The second-order valence-corrected chi connectivity index (χ2v) is 7.37. The van der Waals surface area contributed by atoms with Gasteiger partial charge < -0.3 is 5.32 Å². The molecule has 0 saturated carbocycles. The molecule has 1 N–H and O–H groups in total. The zero-order chi connectivity index (χ0) is 20.8. The van der Waals surface area contributed by atoms with Crippen LogP contribution in [-0.4, -0.2) is 27.0 Å². The molecule has 2 aromatic heterocycles. The summed E-state index contributed by atoms with van der Waals surface area (Å²) >= 11 is 0. The van der Waals surface area contributed by atoms with Crippen LogP contribution in [0.25, 0.3) is 28.2 Å². The van der Waals surface area contributed by atoms with Crippen molar-refractivity contribution in [1.29, 1.82) is 0 Å². The molecule has 0 aliphatic heterocycles. The van der Waals surface area contributed by atoms with E-state index in [0.29, 0.717) is 17.9 Å². The van der Waals surface area contributed by atoms with Crippen LogP contribution >= 0.6 is 0 Å². The highest BCUT2D eigenvalue weighted by Gasteiger charge is 2.17. The number of carbonyl (C=O) groups excluding carboxylic acids is 1. The Bertz CT molecular complexity index is 1120. The Hall–Kier alpha value is -3.47. The van der Waals surface area contributed by atoms with Gasteiger partial charge in [0.05, 0.1) is 11.4 Å². The van der Waals surface area contributed by atoms with Gasteiger partial charge in [0.1, 0.15) is 5.69 Å². The van der Waals surface area contributed by atoms with E-state index in [-0.39, 0.29) is 5.91 Å². The van der Waals surface area contributed by atoms with Crippen molar-refractivity contribution in [3.8, 4) is 22.5 Å². The molecular weight excluding hydrogens is 372 g/mol. The third-order valence-corrected chi connectivity index (χ3v) is 5.11. The Kier molecular flexibility index (Phi) is 6.18. The SMILES string of the molecule is CCCCCCNC(=O)c1cc(-c2ccccc2)nc2cc(-c3ccccc3)nn12. The van der Waals surface area contributed by atoms with Gasteiger partial charge >= 0.3 is 0 Å². The predicted molar refractivity (Wildman–Crippen MR) is 120 cm³/mol. The van der Waals surface area contributed by atoms with E-state index in [4.69, 9.17) is 4.98 Å². The standard InChI is InChI=1S/C25H26N4O/c1-2-3-4-11-16-26-25(30)23-17-21(19-12-7-5-8-13-19)27-24-18-22(28-29(23)24)20-14-9-6-10-15-20/h5-10,12-15,17-18H,2-4,11,16H2,1H3,(H,26,30). The zero-order valence-corrected chi connectivity index (χ0v) is 17.2. The van der Waals surface area contributed by atoms with Crippen molar-refractivity contribution in [2.24, 2.45) is 0 Å². The molecular formula is C25H26N4O. The molecule has 0 spiro atoms. The van der Waals surface area contributed by atoms with Crippen LogP contribution in [0.15, 0.2) is 72.8 Å². The Morgan fingerprint density at radius 3 is 2.20 bits per heavy atom. The second-order valence-electron chi connectivity index (χ2n) is 7.37. The van der Waals surface area contributed by atoms with E-state index in [1.807, 2.05) is 72.8 Å². The predicted octanol–water partition coefficient (Wildman–Crippen LogP) is 5.37. The van der Waals surface area contributed by atoms with Gasteiger partial charge in [0.25, 0.3) is 5.91 Å². The third-order valence-electron chi connectivity index (χ3n) is 5.11. The van der Waals surface area contributed by atoms with Gasteiger partial charge in [-0.1, -0.05) is 86.8 Å². The summed E-state index contributed by atoms with van der Waals surface area (Å²) in [5, 5.41) is 7.74. The number of amides is 1. The van der Waals surface area contributed by atoms with Crippen molar-refractivity contribution in [3.05, 3.63) is 78.5 Å². The number of hydrogen-bond donors (Lipinski definition) is 1. The van der Waals surface area contributed by atoms with Crippen LogP contribution < -0.4 is 5.32 Å². The average molecular weight is 399 g/mol. The van der Waals surface area contributed by atoms with E-state index in [9.17, 15) is 4.79 Å². The Labute approximate surface area is 176 Å². The highest BCUT2D eigenvalue weighted by Crippen LogP contribution is 2.23. The molecule has 152 valence electrons.